The van der Waals surface area contributed by atoms with Gasteiger partial charge in [-0.2, -0.15) is 0 Å². The molecular formula is C20H21FN2O2. The summed E-state index contributed by atoms with van der Waals surface area (Å²) in [5.41, 5.74) is 3.30. The fourth-order valence-corrected chi connectivity index (χ4v) is 3.30. The van der Waals surface area contributed by atoms with Gasteiger partial charge in [-0.05, 0) is 62.2 Å². The van der Waals surface area contributed by atoms with Crippen molar-refractivity contribution in [2.45, 2.75) is 26.8 Å². The standard InChI is InChI=1S/C20H21FN2O2/c1-13-9-14(2)11-18(10-13)23-8-7-22(15(3)19(23)24)20(25)16-5-4-6-17(21)12-16/h4-6,9-12,15H,7-8H2,1-3H3. The normalized spacial score (nSPS) is 17.8. The predicted octanol–water partition coefficient (Wildman–Crippen LogP) is 3.32. The van der Waals surface area contributed by atoms with Crippen molar-refractivity contribution >= 4 is 17.5 Å². The van der Waals surface area contributed by atoms with Crippen LogP contribution in [0.3, 0.4) is 0 Å². The Hall–Kier alpha value is -2.69. The molecule has 0 N–H and O–H groups in total. The highest BCUT2D eigenvalue weighted by Crippen LogP contribution is 2.24. The number of hydrogen-bond acceptors (Lipinski definition) is 2. The molecule has 0 aromatic heterocycles. The van der Waals surface area contributed by atoms with Crippen molar-refractivity contribution in [3.8, 4) is 0 Å². The summed E-state index contributed by atoms with van der Waals surface area (Å²) in [5.74, 6) is -0.903. The van der Waals surface area contributed by atoms with E-state index in [4.69, 9.17) is 0 Å². The second kappa shape index (κ2) is 6.67. The third kappa shape index (κ3) is 3.40. The lowest BCUT2D eigenvalue weighted by Gasteiger charge is -2.39. The molecule has 1 aliphatic rings. The third-order valence-corrected chi connectivity index (χ3v) is 4.51. The summed E-state index contributed by atoms with van der Waals surface area (Å²) in [6.45, 7) is 6.54. The molecule has 0 spiro atoms. The maximum atomic E-state index is 13.4. The van der Waals surface area contributed by atoms with Gasteiger partial charge in [0.05, 0.1) is 0 Å². The lowest BCUT2D eigenvalue weighted by Crippen LogP contribution is -2.57. The van der Waals surface area contributed by atoms with Crippen molar-refractivity contribution in [3.63, 3.8) is 0 Å². The first kappa shape index (κ1) is 17.1. The fourth-order valence-electron chi connectivity index (χ4n) is 3.30. The van der Waals surface area contributed by atoms with E-state index >= 15 is 0 Å². The van der Waals surface area contributed by atoms with Gasteiger partial charge in [0, 0.05) is 24.3 Å². The van der Waals surface area contributed by atoms with E-state index in [1.807, 2.05) is 26.0 Å². The molecule has 3 rings (SSSR count). The van der Waals surface area contributed by atoms with Gasteiger partial charge >= 0.3 is 0 Å². The number of carbonyl (C=O) groups is 2. The molecule has 0 bridgehead atoms. The first-order valence-corrected chi connectivity index (χ1v) is 8.33. The SMILES string of the molecule is Cc1cc(C)cc(N2CCN(C(=O)c3cccc(F)c3)C(C)C2=O)c1. The van der Waals surface area contributed by atoms with Gasteiger partial charge in [-0.3, -0.25) is 9.59 Å². The largest absolute Gasteiger partial charge is 0.325 e. The van der Waals surface area contributed by atoms with Gasteiger partial charge in [0.1, 0.15) is 11.9 Å². The van der Waals surface area contributed by atoms with Gasteiger partial charge in [0.2, 0.25) is 5.91 Å². The Kier molecular flexibility index (Phi) is 4.57. The predicted molar refractivity (Wildman–Crippen MR) is 95.2 cm³/mol. The van der Waals surface area contributed by atoms with Gasteiger partial charge in [-0.1, -0.05) is 12.1 Å². The first-order valence-electron chi connectivity index (χ1n) is 8.33. The molecule has 0 saturated carbocycles. The Morgan fingerprint density at radius 3 is 2.40 bits per heavy atom. The number of rotatable bonds is 2. The average Bonchev–Trinajstić information content (AvgIpc) is 2.55. The van der Waals surface area contributed by atoms with Crippen molar-refractivity contribution in [2.24, 2.45) is 0 Å². The Morgan fingerprint density at radius 1 is 1.08 bits per heavy atom. The number of benzene rings is 2. The van der Waals surface area contributed by atoms with Crippen molar-refractivity contribution < 1.29 is 14.0 Å². The zero-order valence-electron chi connectivity index (χ0n) is 14.6. The summed E-state index contributed by atoms with van der Waals surface area (Å²) in [6.07, 6.45) is 0. The molecule has 4 nitrogen and oxygen atoms in total. The van der Waals surface area contributed by atoms with E-state index in [1.54, 1.807) is 17.9 Å². The number of amides is 2. The maximum absolute atomic E-state index is 13.4. The van der Waals surface area contributed by atoms with E-state index in [2.05, 4.69) is 6.07 Å². The molecule has 1 unspecified atom stereocenters. The molecule has 2 amide bonds. The minimum atomic E-state index is -0.592. The highest BCUT2D eigenvalue weighted by Gasteiger charge is 2.35. The number of carbonyl (C=O) groups excluding carboxylic acids is 2. The van der Waals surface area contributed by atoms with Crippen LogP contribution in [0.1, 0.15) is 28.4 Å². The van der Waals surface area contributed by atoms with E-state index < -0.39 is 11.9 Å². The van der Waals surface area contributed by atoms with E-state index in [1.165, 1.54) is 23.1 Å². The summed E-state index contributed by atoms with van der Waals surface area (Å²) in [7, 11) is 0. The molecule has 1 atom stereocenters. The van der Waals surface area contributed by atoms with Crippen LogP contribution in [0, 0.1) is 19.7 Å². The van der Waals surface area contributed by atoms with Crippen LogP contribution >= 0.6 is 0 Å². The van der Waals surface area contributed by atoms with E-state index in [9.17, 15) is 14.0 Å². The van der Waals surface area contributed by atoms with E-state index in [-0.39, 0.29) is 17.4 Å². The fraction of sp³-hybridized carbons (Fsp3) is 0.300. The van der Waals surface area contributed by atoms with Gasteiger partial charge in [0.25, 0.3) is 5.91 Å². The van der Waals surface area contributed by atoms with Crippen molar-refractivity contribution in [1.29, 1.82) is 0 Å². The summed E-state index contributed by atoms with van der Waals surface area (Å²) in [5, 5.41) is 0. The second-order valence-corrected chi connectivity index (χ2v) is 6.52. The van der Waals surface area contributed by atoms with Crippen LogP contribution in [0.5, 0.6) is 0 Å². The topological polar surface area (TPSA) is 40.6 Å². The average molecular weight is 340 g/mol. The number of piperazine rings is 1. The highest BCUT2D eigenvalue weighted by atomic mass is 19.1. The number of aryl methyl sites for hydroxylation is 2. The number of nitrogens with zero attached hydrogens (tertiary/aromatic N) is 2. The molecule has 1 saturated heterocycles. The summed E-state index contributed by atoms with van der Waals surface area (Å²) >= 11 is 0. The van der Waals surface area contributed by atoms with Crippen molar-refractivity contribution in [3.05, 3.63) is 65.0 Å². The first-order chi connectivity index (χ1) is 11.9. The Morgan fingerprint density at radius 2 is 1.76 bits per heavy atom. The van der Waals surface area contributed by atoms with E-state index in [0.29, 0.717) is 13.1 Å². The van der Waals surface area contributed by atoms with Crippen LogP contribution in [0.15, 0.2) is 42.5 Å². The van der Waals surface area contributed by atoms with E-state index in [0.717, 1.165) is 16.8 Å². The molecule has 0 radical (unpaired) electrons. The molecule has 25 heavy (non-hydrogen) atoms. The monoisotopic (exact) mass is 340 g/mol. The lowest BCUT2D eigenvalue weighted by atomic mass is 10.1. The molecule has 2 aromatic carbocycles. The minimum Gasteiger partial charge on any atom is -0.325 e. The molecule has 1 heterocycles. The lowest BCUT2D eigenvalue weighted by molar-refractivity contribution is -0.124. The Balaban J connectivity index is 1.83. The van der Waals surface area contributed by atoms with Gasteiger partial charge in [-0.15, -0.1) is 0 Å². The van der Waals surface area contributed by atoms with Crippen LogP contribution in [-0.2, 0) is 4.79 Å². The van der Waals surface area contributed by atoms with Crippen LogP contribution in [-0.4, -0.2) is 35.8 Å². The van der Waals surface area contributed by atoms with Gasteiger partial charge in [-0.25, -0.2) is 4.39 Å². The molecule has 2 aromatic rings. The summed E-state index contributed by atoms with van der Waals surface area (Å²) in [4.78, 5) is 28.7. The van der Waals surface area contributed by atoms with Crippen molar-refractivity contribution in [1.82, 2.24) is 4.90 Å². The zero-order valence-corrected chi connectivity index (χ0v) is 14.6. The van der Waals surface area contributed by atoms with Crippen LogP contribution in [0.25, 0.3) is 0 Å². The third-order valence-electron chi connectivity index (χ3n) is 4.51. The number of anilines is 1. The number of halogens is 1. The molecule has 5 heteroatoms. The molecule has 1 fully saturated rings. The van der Waals surface area contributed by atoms with Crippen LogP contribution < -0.4 is 4.90 Å². The zero-order chi connectivity index (χ0) is 18.1. The molecule has 1 aliphatic heterocycles. The van der Waals surface area contributed by atoms with Gasteiger partial charge < -0.3 is 9.80 Å². The molecular weight excluding hydrogens is 319 g/mol. The summed E-state index contributed by atoms with van der Waals surface area (Å²) in [6, 6.07) is 11.0. The van der Waals surface area contributed by atoms with Gasteiger partial charge in [0.15, 0.2) is 0 Å². The summed E-state index contributed by atoms with van der Waals surface area (Å²) < 4.78 is 13.4. The minimum absolute atomic E-state index is 0.124. The number of hydrogen-bond donors (Lipinski definition) is 0. The molecule has 130 valence electrons. The van der Waals surface area contributed by atoms with Crippen LogP contribution in [0.2, 0.25) is 0 Å². The Labute approximate surface area is 146 Å². The quantitative estimate of drug-likeness (QED) is 0.841. The Bertz CT molecular complexity index is 814. The molecule has 0 aliphatic carbocycles. The van der Waals surface area contributed by atoms with Crippen molar-refractivity contribution in [2.75, 3.05) is 18.0 Å². The second-order valence-electron chi connectivity index (χ2n) is 6.52. The smallest absolute Gasteiger partial charge is 0.254 e. The van der Waals surface area contributed by atoms with Crippen LogP contribution in [0.4, 0.5) is 10.1 Å². The maximum Gasteiger partial charge on any atom is 0.254 e. The highest BCUT2D eigenvalue weighted by molar-refractivity contribution is 6.03.